The molecule has 0 saturated heterocycles. The van der Waals surface area contributed by atoms with Crippen LogP contribution in [-0.2, 0) is 4.79 Å². The molecule has 3 heteroatoms. The van der Waals surface area contributed by atoms with Gasteiger partial charge in [-0.1, -0.05) is 53.2 Å². The quantitative estimate of drug-likeness (QED) is 0.467. The van der Waals surface area contributed by atoms with Crippen LogP contribution < -0.4 is 0 Å². The number of fused-ring (bicyclic) bond motifs is 4. The summed E-state index contributed by atoms with van der Waals surface area (Å²) < 4.78 is 0. The van der Waals surface area contributed by atoms with Gasteiger partial charge in [0.05, 0.1) is 12.2 Å². The molecule has 0 heterocycles. The first-order chi connectivity index (χ1) is 15.2. The Morgan fingerprint density at radius 1 is 1.09 bits per heavy atom. The van der Waals surface area contributed by atoms with Crippen LogP contribution in [0.2, 0.25) is 0 Å². The molecule has 3 nitrogen and oxygen atoms in total. The van der Waals surface area contributed by atoms with Gasteiger partial charge in [0.1, 0.15) is 0 Å². The molecule has 0 aromatic heterocycles. The van der Waals surface area contributed by atoms with Gasteiger partial charge in [-0.05, 0) is 104 Å². The lowest BCUT2D eigenvalue weighted by molar-refractivity contribution is -0.137. The van der Waals surface area contributed by atoms with Gasteiger partial charge in [-0.15, -0.1) is 0 Å². The van der Waals surface area contributed by atoms with Crippen LogP contribution in [-0.4, -0.2) is 28.2 Å². The van der Waals surface area contributed by atoms with Crippen molar-refractivity contribution in [1.29, 1.82) is 0 Å². The number of ketones is 1. The van der Waals surface area contributed by atoms with Gasteiger partial charge in [0, 0.05) is 12.0 Å². The highest BCUT2D eigenvalue weighted by Gasteiger charge is 2.67. The molecule has 4 aliphatic rings. The molecule has 0 aromatic rings. The molecule has 0 amide bonds. The predicted molar refractivity (Wildman–Crippen MR) is 135 cm³/mol. The van der Waals surface area contributed by atoms with Gasteiger partial charge >= 0.3 is 0 Å². The van der Waals surface area contributed by atoms with Crippen LogP contribution in [0.1, 0.15) is 107 Å². The third-order valence-corrected chi connectivity index (χ3v) is 11.4. The predicted octanol–water partition coefficient (Wildman–Crippen LogP) is 6.63. The Morgan fingerprint density at radius 3 is 2.39 bits per heavy atom. The summed E-state index contributed by atoms with van der Waals surface area (Å²) in [5, 5.41) is 22.4. The van der Waals surface area contributed by atoms with Gasteiger partial charge in [-0.2, -0.15) is 0 Å². The number of carbonyl (C=O) groups excluding carboxylic acids is 1. The van der Waals surface area contributed by atoms with E-state index in [4.69, 9.17) is 0 Å². The number of rotatable bonds is 4. The molecule has 0 aromatic carbocycles. The van der Waals surface area contributed by atoms with Crippen molar-refractivity contribution in [3.63, 3.8) is 0 Å². The zero-order valence-corrected chi connectivity index (χ0v) is 22.4. The summed E-state index contributed by atoms with van der Waals surface area (Å²) in [6.45, 7) is 18.0. The van der Waals surface area contributed by atoms with E-state index in [1.165, 1.54) is 5.57 Å². The van der Waals surface area contributed by atoms with E-state index in [2.05, 4.69) is 61.5 Å². The molecular formula is C30H48O3. The minimum Gasteiger partial charge on any atom is -0.393 e. The van der Waals surface area contributed by atoms with Crippen LogP contribution in [0.3, 0.4) is 0 Å². The minimum absolute atomic E-state index is 0.0960. The Labute approximate surface area is 202 Å². The molecule has 0 unspecified atom stereocenters. The number of Topliss-reactive ketones (excluding diaryl/α,β-unsaturated/α-hetero) is 1. The lowest BCUT2D eigenvalue weighted by Crippen LogP contribution is -2.59. The third kappa shape index (κ3) is 3.46. The molecule has 8 atom stereocenters. The van der Waals surface area contributed by atoms with E-state index in [0.29, 0.717) is 24.7 Å². The maximum atomic E-state index is 14.0. The zero-order chi connectivity index (χ0) is 24.6. The first-order valence-electron chi connectivity index (χ1n) is 13.5. The van der Waals surface area contributed by atoms with E-state index in [9.17, 15) is 15.0 Å². The molecule has 2 N–H and O–H groups in total. The Morgan fingerprint density at radius 2 is 1.76 bits per heavy atom. The van der Waals surface area contributed by atoms with Crippen molar-refractivity contribution in [3.8, 4) is 0 Å². The van der Waals surface area contributed by atoms with E-state index in [1.807, 2.05) is 0 Å². The van der Waals surface area contributed by atoms with Crippen molar-refractivity contribution in [1.82, 2.24) is 0 Å². The number of carbonyl (C=O) groups is 1. The summed E-state index contributed by atoms with van der Waals surface area (Å²) in [4.78, 5) is 14.0. The van der Waals surface area contributed by atoms with Crippen molar-refractivity contribution in [2.24, 2.45) is 39.4 Å². The van der Waals surface area contributed by atoms with Crippen LogP contribution in [0.5, 0.6) is 0 Å². The Bertz CT molecular complexity index is 877. The summed E-state index contributed by atoms with van der Waals surface area (Å²) in [7, 11) is 0. The first kappa shape index (κ1) is 25.2. The number of aliphatic hydroxyl groups is 2. The van der Waals surface area contributed by atoms with Gasteiger partial charge in [-0.25, -0.2) is 0 Å². The summed E-state index contributed by atoms with van der Waals surface area (Å²) in [6, 6.07) is 0. The first-order valence-corrected chi connectivity index (χ1v) is 13.5. The Balaban J connectivity index is 1.75. The molecule has 0 radical (unpaired) electrons. The smallest absolute Gasteiger partial charge is 0.160 e. The largest absolute Gasteiger partial charge is 0.393 e. The summed E-state index contributed by atoms with van der Waals surface area (Å²) in [6.07, 6.45) is 8.72. The zero-order valence-electron chi connectivity index (χ0n) is 22.4. The Kier molecular flexibility index (Phi) is 6.14. The highest BCUT2D eigenvalue weighted by Crippen LogP contribution is 2.71. The van der Waals surface area contributed by atoms with Crippen molar-refractivity contribution in [3.05, 3.63) is 22.8 Å². The summed E-state index contributed by atoms with van der Waals surface area (Å²) in [5.74, 6) is 1.48. The topological polar surface area (TPSA) is 57.5 Å². The van der Waals surface area contributed by atoms with E-state index in [-0.39, 0.29) is 39.5 Å². The maximum absolute atomic E-state index is 14.0. The van der Waals surface area contributed by atoms with E-state index >= 15 is 0 Å². The van der Waals surface area contributed by atoms with Crippen LogP contribution >= 0.6 is 0 Å². The molecular weight excluding hydrogens is 408 g/mol. The number of allylic oxidation sites excluding steroid dienone is 3. The highest BCUT2D eigenvalue weighted by atomic mass is 16.3. The van der Waals surface area contributed by atoms with Gasteiger partial charge in [0.25, 0.3) is 0 Å². The van der Waals surface area contributed by atoms with Crippen LogP contribution in [0, 0.1) is 39.4 Å². The lowest BCUT2D eigenvalue weighted by Gasteiger charge is -2.62. The maximum Gasteiger partial charge on any atom is 0.160 e. The second-order valence-corrected chi connectivity index (χ2v) is 13.7. The Hall–Kier alpha value is -0.930. The number of hydrogen-bond donors (Lipinski definition) is 2. The molecule has 2 saturated carbocycles. The standard InChI is InChI=1S/C30H48O3/c1-18(2)10-9-11-19(3)20-12-15-29(7)26-21(31)16-23-27(4,5)24(33)13-14-28(23,6)25(26)22(32)17-30(20,29)8/h10,19-21,23-24,31,33H,9,11-17H2,1-8H3/t19-,20-,21-,23+,24+,28+,29+,30-/m1/s1. The van der Waals surface area contributed by atoms with E-state index in [0.717, 1.165) is 49.7 Å². The normalized spacial score (nSPS) is 45.2. The fraction of sp³-hybridized carbons (Fsp3) is 0.833. The molecule has 186 valence electrons. The molecule has 4 rings (SSSR count). The van der Waals surface area contributed by atoms with Gasteiger partial charge in [0.15, 0.2) is 5.78 Å². The van der Waals surface area contributed by atoms with Crippen molar-refractivity contribution >= 4 is 5.78 Å². The fourth-order valence-electron chi connectivity index (χ4n) is 9.22. The molecule has 33 heavy (non-hydrogen) atoms. The van der Waals surface area contributed by atoms with Crippen molar-refractivity contribution in [2.75, 3.05) is 0 Å². The summed E-state index contributed by atoms with van der Waals surface area (Å²) in [5.41, 5.74) is 2.66. The van der Waals surface area contributed by atoms with E-state index < -0.39 is 6.10 Å². The van der Waals surface area contributed by atoms with Crippen molar-refractivity contribution < 1.29 is 15.0 Å². The number of aliphatic hydroxyl groups excluding tert-OH is 2. The second kappa shape index (κ2) is 8.05. The van der Waals surface area contributed by atoms with E-state index in [1.54, 1.807) is 0 Å². The average molecular weight is 457 g/mol. The minimum atomic E-state index is -0.573. The van der Waals surface area contributed by atoms with Gasteiger partial charge in [-0.3, -0.25) is 4.79 Å². The van der Waals surface area contributed by atoms with Gasteiger partial charge in [0.2, 0.25) is 0 Å². The highest BCUT2D eigenvalue weighted by molar-refractivity contribution is 6.00. The average Bonchev–Trinajstić information content (AvgIpc) is 2.97. The monoisotopic (exact) mass is 456 g/mol. The molecule has 0 aliphatic heterocycles. The number of hydrogen-bond acceptors (Lipinski definition) is 3. The second-order valence-electron chi connectivity index (χ2n) is 13.7. The van der Waals surface area contributed by atoms with Crippen molar-refractivity contribution in [2.45, 2.75) is 119 Å². The fourth-order valence-corrected chi connectivity index (χ4v) is 9.22. The molecule has 0 bridgehead atoms. The molecule has 2 fully saturated rings. The third-order valence-electron chi connectivity index (χ3n) is 11.4. The van der Waals surface area contributed by atoms with Crippen LogP contribution in [0.4, 0.5) is 0 Å². The lowest BCUT2D eigenvalue weighted by atomic mass is 9.42. The van der Waals surface area contributed by atoms with Crippen LogP contribution in [0.15, 0.2) is 22.8 Å². The SMILES string of the molecule is CC(C)=CCC[C@@H](C)[C@H]1CC[C@@]2(C)C3=C(C(=O)C[C@]12C)[C@@]1(C)CC[C@H](O)C(C)(C)[C@@H]1C[C@H]3O. The molecule has 0 spiro atoms. The van der Waals surface area contributed by atoms with Gasteiger partial charge < -0.3 is 10.2 Å². The molecule has 4 aliphatic carbocycles. The van der Waals surface area contributed by atoms with Crippen LogP contribution in [0.25, 0.3) is 0 Å². The summed E-state index contributed by atoms with van der Waals surface area (Å²) >= 11 is 0.